The van der Waals surface area contributed by atoms with Crippen LogP contribution in [0.2, 0.25) is 0 Å². The Labute approximate surface area is 93.8 Å². The highest BCUT2D eigenvalue weighted by atomic mass is 16.4. The van der Waals surface area contributed by atoms with Crippen LogP contribution in [0.3, 0.4) is 0 Å². The third kappa shape index (κ3) is 2.12. The number of aromatic nitrogens is 5. The molecule has 0 aliphatic heterocycles. The van der Waals surface area contributed by atoms with Crippen LogP contribution in [-0.2, 0) is 6.54 Å². The number of carboxylic acids is 2. The van der Waals surface area contributed by atoms with E-state index in [4.69, 9.17) is 10.2 Å². The van der Waals surface area contributed by atoms with E-state index in [2.05, 4.69) is 20.1 Å². The number of H-pyrrole nitrogens is 1. The van der Waals surface area contributed by atoms with E-state index >= 15 is 0 Å². The molecule has 88 valence electrons. The normalized spacial score (nSPS) is 10.4. The minimum atomic E-state index is -1.40. The number of aromatic carboxylic acids is 2. The van der Waals surface area contributed by atoms with Gasteiger partial charge in [-0.05, 0) is 0 Å². The van der Waals surface area contributed by atoms with Gasteiger partial charge in [0.25, 0.3) is 0 Å². The van der Waals surface area contributed by atoms with Crippen molar-refractivity contribution in [2.24, 2.45) is 0 Å². The second-order valence-corrected chi connectivity index (χ2v) is 3.11. The predicted molar refractivity (Wildman–Crippen MR) is 51.6 cm³/mol. The van der Waals surface area contributed by atoms with Gasteiger partial charge >= 0.3 is 11.9 Å². The summed E-state index contributed by atoms with van der Waals surface area (Å²) < 4.78 is 1.39. The molecule has 0 atom stereocenters. The molecule has 0 aliphatic rings. The van der Waals surface area contributed by atoms with Crippen molar-refractivity contribution in [3.63, 3.8) is 0 Å². The van der Waals surface area contributed by atoms with E-state index < -0.39 is 23.3 Å². The monoisotopic (exact) mass is 237 g/mol. The van der Waals surface area contributed by atoms with Crippen molar-refractivity contribution in [1.29, 1.82) is 0 Å². The third-order valence-corrected chi connectivity index (χ3v) is 1.95. The number of carboxylic acid groups (broad SMARTS) is 2. The zero-order valence-corrected chi connectivity index (χ0v) is 8.36. The molecule has 0 aliphatic carbocycles. The molecule has 0 aromatic carbocycles. The summed E-state index contributed by atoms with van der Waals surface area (Å²) in [5, 5.41) is 21.3. The first kappa shape index (κ1) is 10.8. The highest BCUT2D eigenvalue weighted by Crippen LogP contribution is 2.07. The van der Waals surface area contributed by atoms with Crippen LogP contribution >= 0.6 is 0 Å². The molecule has 9 heteroatoms. The Morgan fingerprint density at radius 1 is 1.35 bits per heavy atom. The van der Waals surface area contributed by atoms with Crippen molar-refractivity contribution >= 4 is 11.9 Å². The molecule has 0 spiro atoms. The average molecular weight is 237 g/mol. The van der Waals surface area contributed by atoms with E-state index in [1.807, 2.05) is 0 Å². The van der Waals surface area contributed by atoms with Crippen molar-refractivity contribution in [3.8, 4) is 0 Å². The largest absolute Gasteiger partial charge is 0.477 e. The molecule has 0 fully saturated rings. The topological polar surface area (TPSA) is 134 Å². The number of rotatable bonds is 4. The third-order valence-electron chi connectivity index (χ3n) is 1.95. The van der Waals surface area contributed by atoms with Crippen LogP contribution in [0, 0.1) is 0 Å². The van der Waals surface area contributed by atoms with Crippen molar-refractivity contribution in [1.82, 2.24) is 24.7 Å². The standard InChI is InChI=1S/C8H7N5O4/c14-7(15)5-6(8(16)17)12-4(11-5)1-13-3-9-2-10-13/h2-3H,1H2,(H,11,12)(H,14,15)(H,16,17). The zero-order chi connectivity index (χ0) is 12.4. The molecule has 0 radical (unpaired) electrons. The lowest BCUT2D eigenvalue weighted by molar-refractivity contribution is 0.0644. The van der Waals surface area contributed by atoms with Gasteiger partial charge < -0.3 is 15.2 Å². The summed E-state index contributed by atoms with van der Waals surface area (Å²) in [6.07, 6.45) is 2.71. The molecule has 0 saturated carbocycles. The number of carbonyl (C=O) groups is 2. The minimum Gasteiger partial charge on any atom is -0.477 e. The summed E-state index contributed by atoms with van der Waals surface area (Å²) in [6, 6.07) is 0. The van der Waals surface area contributed by atoms with Crippen LogP contribution in [0.15, 0.2) is 12.7 Å². The van der Waals surface area contributed by atoms with Gasteiger partial charge in [-0.15, -0.1) is 0 Å². The summed E-state index contributed by atoms with van der Waals surface area (Å²) in [5.74, 6) is -2.59. The number of aromatic amines is 1. The van der Waals surface area contributed by atoms with Gasteiger partial charge in [0.15, 0.2) is 11.4 Å². The maximum absolute atomic E-state index is 10.8. The van der Waals surface area contributed by atoms with Crippen LogP contribution in [0.4, 0.5) is 0 Å². The van der Waals surface area contributed by atoms with Gasteiger partial charge in [0.05, 0.1) is 0 Å². The van der Waals surface area contributed by atoms with Crippen LogP contribution in [0.25, 0.3) is 0 Å². The molecule has 2 rings (SSSR count). The van der Waals surface area contributed by atoms with Crippen LogP contribution in [-0.4, -0.2) is 46.9 Å². The Hall–Kier alpha value is -2.71. The summed E-state index contributed by atoms with van der Waals surface area (Å²) in [4.78, 5) is 31.3. The molecule has 2 heterocycles. The first-order chi connectivity index (χ1) is 8.08. The quantitative estimate of drug-likeness (QED) is 0.649. The smallest absolute Gasteiger partial charge is 0.357 e. The Morgan fingerprint density at radius 2 is 2.12 bits per heavy atom. The first-order valence-electron chi connectivity index (χ1n) is 4.46. The average Bonchev–Trinajstić information content (AvgIpc) is 2.86. The maximum atomic E-state index is 10.8. The van der Waals surface area contributed by atoms with Crippen molar-refractivity contribution in [2.75, 3.05) is 0 Å². The molecular weight excluding hydrogens is 230 g/mol. The summed E-state index contributed by atoms with van der Waals surface area (Å²) >= 11 is 0. The number of nitrogens with one attached hydrogen (secondary N) is 1. The highest BCUT2D eigenvalue weighted by Gasteiger charge is 2.21. The maximum Gasteiger partial charge on any atom is 0.357 e. The highest BCUT2D eigenvalue weighted by molar-refractivity contribution is 5.98. The molecule has 0 bridgehead atoms. The SMILES string of the molecule is O=C(O)c1nc(Cn2cncn2)[nH]c1C(=O)O. The van der Waals surface area contributed by atoms with Gasteiger partial charge in [0.2, 0.25) is 0 Å². The molecule has 9 nitrogen and oxygen atoms in total. The lowest BCUT2D eigenvalue weighted by atomic mass is 10.3. The second kappa shape index (κ2) is 4.04. The number of hydrogen-bond acceptors (Lipinski definition) is 5. The number of imidazole rings is 1. The Balaban J connectivity index is 2.34. The second-order valence-electron chi connectivity index (χ2n) is 3.11. The molecule has 2 aromatic heterocycles. The molecule has 17 heavy (non-hydrogen) atoms. The molecule has 0 amide bonds. The molecule has 2 aromatic rings. The summed E-state index contributed by atoms with van der Waals surface area (Å²) in [6.45, 7) is 0.119. The van der Waals surface area contributed by atoms with Gasteiger partial charge in [0.1, 0.15) is 25.0 Å². The fraction of sp³-hybridized carbons (Fsp3) is 0.125. The van der Waals surface area contributed by atoms with Crippen molar-refractivity contribution in [3.05, 3.63) is 29.9 Å². The number of hydrogen-bond donors (Lipinski definition) is 3. The summed E-state index contributed by atoms with van der Waals surface area (Å²) in [7, 11) is 0. The van der Waals surface area contributed by atoms with Crippen molar-refractivity contribution in [2.45, 2.75) is 6.54 Å². The van der Waals surface area contributed by atoms with Crippen molar-refractivity contribution < 1.29 is 19.8 Å². The Morgan fingerprint density at radius 3 is 2.59 bits per heavy atom. The van der Waals surface area contributed by atoms with Gasteiger partial charge in [-0.1, -0.05) is 0 Å². The predicted octanol–water partition coefficient (Wildman–Crippen LogP) is -0.554. The van der Waals surface area contributed by atoms with E-state index in [-0.39, 0.29) is 12.4 Å². The van der Waals surface area contributed by atoms with Gasteiger partial charge in [-0.3, -0.25) is 0 Å². The van der Waals surface area contributed by atoms with E-state index in [1.165, 1.54) is 17.3 Å². The van der Waals surface area contributed by atoms with Gasteiger partial charge in [-0.25, -0.2) is 24.2 Å². The first-order valence-corrected chi connectivity index (χ1v) is 4.46. The van der Waals surface area contributed by atoms with Crippen LogP contribution in [0.1, 0.15) is 26.8 Å². The van der Waals surface area contributed by atoms with E-state index in [9.17, 15) is 9.59 Å². The van der Waals surface area contributed by atoms with Gasteiger partial charge in [-0.2, -0.15) is 5.10 Å². The fourth-order valence-corrected chi connectivity index (χ4v) is 1.27. The minimum absolute atomic E-state index is 0.119. The Kier molecular flexibility index (Phi) is 2.57. The van der Waals surface area contributed by atoms with E-state index in [0.29, 0.717) is 0 Å². The molecular formula is C8H7N5O4. The Bertz CT molecular complexity index is 527. The zero-order valence-electron chi connectivity index (χ0n) is 8.36. The lowest BCUT2D eigenvalue weighted by Gasteiger charge is -1.94. The molecule has 0 unspecified atom stereocenters. The summed E-state index contributed by atoms with van der Waals surface area (Å²) in [5.41, 5.74) is -0.972. The number of nitrogens with zero attached hydrogens (tertiary/aromatic N) is 4. The van der Waals surface area contributed by atoms with E-state index in [0.717, 1.165) is 0 Å². The lowest BCUT2D eigenvalue weighted by Crippen LogP contribution is -2.07. The van der Waals surface area contributed by atoms with Gasteiger partial charge in [0, 0.05) is 0 Å². The molecule has 3 N–H and O–H groups in total. The fourth-order valence-electron chi connectivity index (χ4n) is 1.27. The van der Waals surface area contributed by atoms with Crippen LogP contribution < -0.4 is 0 Å². The van der Waals surface area contributed by atoms with E-state index in [1.54, 1.807) is 0 Å². The van der Waals surface area contributed by atoms with Crippen LogP contribution in [0.5, 0.6) is 0 Å². The molecule has 0 saturated heterocycles.